The summed E-state index contributed by atoms with van der Waals surface area (Å²) in [7, 11) is 0. The number of imidazole rings is 2. The van der Waals surface area contributed by atoms with Crippen molar-refractivity contribution < 1.29 is 31.0 Å². The van der Waals surface area contributed by atoms with Crippen LogP contribution in [-0.4, -0.2) is 29.9 Å². The maximum absolute atomic E-state index is 5.45. The predicted octanol–water partition coefficient (Wildman–Crippen LogP) is 0.0311. The Kier molecular flexibility index (Phi) is 5.18. The van der Waals surface area contributed by atoms with Crippen LogP contribution >= 0.6 is 24.4 Å². The number of aromatic amines is 6. The molecule has 0 saturated heterocycles. The third-order valence-electron chi connectivity index (χ3n) is 2.74. The fourth-order valence-corrected chi connectivity index (χ4v) is 2.34. The molecule has 0 spiro atoms. The summed E-state index contributed by atoms with van der Waals surface area (Å²) in [5, 5.41) is 0. The number of nitrogens with zero attached hydrogens (tertiary/aromatic N) is 2. The molecule has 10 N–H and O–H groups in total. The minimum atomic E-state index is 0. The molecule has 0 unspecified atom stereocenters. The summed E-state index contributed by atoms with van der Waals surface area (Å²) in [6.45, 7) is 0. The summed E-state index contributed by atoms with van der Waals surface area (Å²) >= 11 is 9.94. The fourth-order valence-electron chi connectivity index (χ4n) is 1.81. The number of nitrogen functional groups attached to an aromatic ring is 2. The van der Waals surface area contributed by atoms with Crippen molar-refractivity contribution in [1.82, 2.24) is 29.9 Å². The summed E-state index contributed by atoms with van der Waals surface area (Å²) in [4.78, 5) is 24.9. The number of nitrogens with two attached hydrogens (primary N) is 2. The Bertz CT molecular complexity index is 975. The first-order valence-electron chi connectivity index (χ1n) is 6.03. The van der Waals surface area contributed by atoms with Crippen molar-refractivity contribution in [1.29, 1.82) is 0 Å². The molecule has 0 aliphatic heterocycles. The maximum Gasteiger partial charge on any atom is 0.353 e. The van der Waals surface area contributed by atoms with E-state index in [1.165, 1.54) is 0 Å². The van der Waals surface area contributed by atoms with Gasteiger partial charge in [0.1, 0.15) is 11.0 Å². The summed E-state index contributed by atoms with van der Waals surface area (Å²) in [5.74, 6) is 0.823. The van der Waals surface area contributed by atoms with Crippen molar-refractivity contribution in [3.8, 4) is 0 Å². The van der Waals surface area contributed by atoms with Crippen molar-refractivity contribution in [2.75, 3.05) is 11.5 Å². The van der Waals surface area contributed by atoms with Crippen LogP contribution < -0.4 is 21.4 Å². The molecule has 4 heterocycles. The van der Waals surface area contributed by atoms with Gasteiger partial charge in [-0.05, 0) is 24.4 Å². The molecular formula is C10H12N10PtS2+2. The van der Waals surface area contributed by atoms with E-state index in [0.29, 0.717) is 32.5 Å². The number of aromatic nitrogens is 8. The largest absolute Gasteiger partial charge is 0.353 e. The van der Waals surface area contributed by atoms with Crippen LogP contribution in [-0.2, 0) is 21.1 Å². The molecule has 0 atom stereocenters. The van der Waals surface area contributed by atoms with Crippen LogP contribution in [0, 0.1) is 9.28 Å². The Balaban J connectivity index is 0.000000160. The van der Waals surface area contributed by atoms with E-state index in [9.17, 15) is 0 Å². The normalized spacial score (nSPS) is 10.1. The number of H-pyrrole nitrogens is 6. The van der Waals surface area contributed by atoms with E-state index in [1.807, 2.05) is 0 Å². The Hall–Kier alpha value is -2.17. The van der Waals surface area contributed by atoms with Gasteiger partial charge in [-0.3, -0.25) is 11.5 Å². The van der Waals surface area contributed by atoms with Crippen LogP contribution in [0.1, 0.15) is 0 Å². The van der Waals surface area contributed by atoms with Crippen LogP contribution in [0.2, 0.25) is 0 Å². The average Bonchev–Trinajstić information content (AvgIpc) is 3.07. The quantitative estimate of drug-likeness (QED) is 0.175. The zero-order valence-electron chi connectivity index (χ0n) is 11.3. The molecule has 0 amide bonds. The first-order chi connectivity index (χ1) is 10.5. The molecule has 0 radical (unpaired) electrons. The Morgan fingerprint density at radius 1 is 0.826 bits per heavy atom. The van der Waals surface area contributed by atoms with Crippen molar-refractivity contribution in [3.05, 3.63) is 21.9 Å². The molecule has 13 heteroatoms. The third kappa shape index (κ3) is 3.60. The van der Waals surface area contributed by atoms with Crippen molar-refractivity contribution in [3.63, 3.8) is 0 Å². The molecule has 4 rings (SSSR count). The van der Waals surface area contributed by atoms with Crippen LogP contribution in [0.5, 0.6) is 0 Å². The molecule has 0 aromatic carbocycles. The molecule has 0 aliphatic rings. The van der Waals surface area contributed by atoms with Gasteiger partial charge in [-0.25, -0.2) is 29.9 Å². The molecule has 0 bridgehead atoms. The smallest absolute Gasteiger partial charge is 0.338 e. The van der Waals surface area contributed by atoms with Crippen LogP contribution in [0.4, 0.5) is 11.9 Å². The molecule has 0 aliphatic carbocycles. The van der Waals surface area contributed by atoms with E-state index in [-0.39, 0.29) is 21.1 Å². The first-order valence-corrected chi connectivity index (χ1v) is 6.84. The summed E-state index contributed by atoms with van der Waals surface area (Å²) < 4.78 is 1.13. The Labute approximate surface area is 152 Å². The van der Waals surface area contributed by atoms with E-state index >= 15 is 0 Å². The van der Waals surface area contributed by atoms with Gasteiger partial charge in [0, 0.05) is 21.1 Å². The van der Waals surface area contributed by atoms with Gasteiger partial charge in [0.05, 0.1) is 12.7 Å². The molecular weight excluding hydrogens is 519 g/mol. The monoisotopic (exact) mass is 531 g/mol. The number of fused-ring (bicyclic) bond motifs is 2. The molecule has 23 heavy (non-hydrogen) atoms. The van der Waals surface area contributed by atoms with E-state index < -0.39 is 0 Å². The number of hydrogen-bond acceptors (Lipinski definition) is 6. The van der Waals surface area contributed by atoms with E-state index in [1.54, 1.807) is 12.7 Å². The zero-order valence-corrected chi connectivity index (χ0v) is 15.2. The van der Waals surface area contributed by atoms with E-state index in [4.69, 9.17) is 35.9 Å². The van der Waals surface area contributed by atoms with Gasteiger partial charge >= 0.3 is 11.9 Å². The topological polar surface area (TPSA) is 169 Å². The molecule has 0 saturated carbocycles. The molecule has 10 nitrogen and oxygen atoms in total. The second-order valence-electron chi connectivity index (χ2n) is 4.24. The summed E-state index contributed by atoms with van der Waals surface area (Å²) in [6, 6.07) is 0. The molecule has 122 valence electrons. The van der Waals surface area contributed by atoms with Gasteiger partial charge in [-0.15, -0.1) is 0 Å². The predicted molar refractivity (Wildman–Crippen MR) is 84.5 cm³/mol. The van der Waals surface area contributed by atoms with Gasteiger partial charge in [-0.2, -0.15) is 0 Å². The summed E-state index contributed by atoms with van der Waals surface area (Å²) in [6.07, 6.45) is 3.12. The number of rotatable bonds is 0. The first kappa shape index (κ1) is 17.2. The van der Waals surface area contributed by atoms with E-state index in [2.05, 4.69) is 39.9 Å². The van der Waals surface area contributed by atoms with Crippen LogP contribution in [0.25, 0.3) is 22.3 Å². The SMILES string of the molecule is Nc1[nH]c2nc[nH]c2c(=S)[nH+]1.Nc1[nH]c2nc[nH]c2c(=S)[nH+]1.[Pt]. The Morgan fingerprint density at radius 2 is 1.22 bits per heavy atom. The van der Waals surface area contributed by atoms with Gasteiger partial charge in [0.25, 0.3) is 0 Å². The van der Waals surface area contributed by atoms with Gasteiger partial charge < -0.3 is 9.97 Å². The van der Waals surface area contributed by atoms with Crippen molar-refractivity contribution in [2.24, 2.45) is 0 Å². The van der Waals surface area contributed by atoms with Gasteiger partial charge in [0.15, 0.2) is 9.28 Å². The van der Waals surface area contributed by atoms with E-state index in [0.717, 1.165) is 11.0 Å². The second-order valence-corrected chi connectivity index (χ2v) is 5.05. The molecule has 0 fully saturated rings. The van der Waals surface area contributed by atoms with Crippen LogP contribution in [0.15, 0.2) is 12.7 Å². The average molecular weight is 531 g/mol. The Morgan fingerprint density at radius 3 is 1.61 bits per heavy atom. The van der Waals surface area contributed by atoms with Crippen molar-refractivity contribution >= 4 is 58.7 Å². The zero-order chi connectivity index (χ0) is 15.7. The fraction of sp³-hybridized carbons (Fsp3) is 0. The van der Waals surface area contributed by atoms with Gasteiger partial charge in [0.2, 0.25) is 11.3 Å². The second kappa shape index (κ2) is 6.94. The van der Waals surface area contributed by atoms with Crippen LogP contribution in [0.3, 0.4) is 0 Å². The minimum absolute atomic E-state index is 0. The molecule has 4 aromatic heterocycles. The number of nitrogens with one attached hydrogen (secondary N) is 6. The summed E-state index contributed by atoms with van der Waals surface area (Å²) in [5.41, 5.74) is 13.8. The standard InChI is InChI=1S/2C5H5N5S.Pt/c2*6-5-9-3-2(4(11)10-5)7-1-8-3;/h2*1H,(H4,6,7,8,9,10,11);/p+2. The number of anilines is 2. The third-order valence-corrected chi connectivity index (χ3v) is 3.35. The van der Waals surface area contributed by atoms with Gasteiger partial charge in [-0.1, -0.05) is 0 Å². The molecule has 4 aromatic rings. The minimum Gasteiger partial charge on any atom is -0.338 e. The maximum atomic E-state index is 5.45. The van der Waals surface area contributed by atoms with Crippen molar-refractivity contribution in [2.45, 2.75) is 0 Å². The number of hydrogen-bond donors (Lipinski definition) is 6.